The number of imidazole rings is 1. The van der Waals surface area contributed by atoms with E-state index >= 15 is 0 Å². The van der Waals surface area contributed by atoms with Crippen molar-refractivity contribution >= 4 is 0 Å². The van der Waals surface area contributed by atoms with Gasteiger partial charge in [-0.3, -0.25) is 4.98 Å². The molecule has 0 aliphatic carbocycles. The number of aryl methyl sites for hydroxylation is 1. The zero-order valence-electron chi connectivity index (χ0n) is 8.51. The van der Waals surface area contributed by atoms with E-state index in [1.54, 1.807) is 12.4 Å². The van der Waals surface area contributed by atoms with E-state index in [9.17, 15) is 0 Å². The van der Waals surface area contributed by atoms with Crippen molar-refractivity contribution < 1.29 is 0 Å². The fraction of sp³-hybridized carbons (Fsp3) is 0.167. The summed E-state index contributed by atoms with van der Waals surface area (Å²) in [5, 5.41) is 0. The largest absolute Gasteiger partial charge is 0.323 e. The maximum absolute atomic E-state index is 5.27. The highest BCUT2D eigenvalue weighted by atomic mass is 15.1. The SMILES string of the molecule is C#CCn1cc(-c2cccnc2)nc1C. The van der Waals surface area contributed by atoms with Crippen LogP contribution in [0.1, 0.15) is 5.82 Å². The Bertz CT molecular complexity index is 491. The molecule has 0 spiro atoms. The van der Waals surface area contributed by atoms with Gasteiger partial charge in [0.15, 0.2) is 0 Å². The lowest BCUT2D eigenvalue weighted by molar-refractivity contribution is 0.797. The van der Waals surface area contributed by atoms with Crippen molar-refractivity contribution in [1.82, 2.24) is 14.5 Å². The van der Waals surface area contributed by atoms with Crippen LogP contribution < -0.4 is 0 Å². The number of terminal acetylenes is 1. The van der Waals surface area contributed by atoms with Crippen LogP contribution >= 0.6 is 0 Å². The number of nitrogens with zero attached hydrogens (tertiary/aromatic N) is 3. The minimum Gasteiger partial charge on any atom is -0.323 e. The highest BCUT2D eigenvalue weighted by Gasteiger charge is 2.04. The smallest absolute Gasteiger partial charge is 0.107 e. The Hall–Kier alpha value is -2.08. The van der Waals surface area contributed by atoms with Crippen molar-refractivity contribution in [2.24, 2.45) is 0 Å². The molecule has 0 unspecified atom stereocenters. The molecule has 0 fully saturated rings. The molecule has 0 aliphatic heterocycles. The van der Waals surface area contributed by atoms with Crippen molar-refractivity contribution in [1.29, 1.82) is 0 Å². The molecule has 0 aliphatic rings. The molecule has 0 atom stereocenters. The molecule has 2 rings (SSSR count). The van der Waals surface area contributed by atoms with Gasteiger partial charge in [0.1, 0.15) is 5.82 Å². The Balaban J connectivity index is 2.40. The summed E-state index contributed by atoms with van der Waals surface area (Å²) >= 11 is 0. The van der Waals surface area contributed by atoms with Crippen molar-refractivity contribution in [2.45, 2.75) is 13.5 Å². The van der Waals surface area contributed by atoms with E-state index in [0.29, 0.717) is 6.54 Å². The third-order valence-electron chi connectivity index (χ3n) is 2.19. The van der Waals surface area contributed by atoms with Crippen LogP contribution in [-0.4, -0.2) is 14.5 Å². The summed E-state index contributed by atoms with van der Waals surface area (Å²) in [6.45, 7) is 2.50. The fourth-order valence-corrected chi connectivity index (χ4v) is 1.42. The van der Waals surface area contributed by atoms with Crippen LogP contribution in [0, 0.1) is 19.3 Å². The molecule has 0 saturated heterocycles. The lowest BCUT2D eigenvalue weighted by Crippen LogP contribution is -1.95. The molecule has 0 amide bonds. The van der Waals surface area contributed by atoms with E-state index in [4.69, 9.17) is 6.42 Å². The maximum atomic E-state index is 5.27. The summed E-state index contributed by atoms with van der Waals surface area (Å²) in [7, 11) is 0. The van der Waals surface area contributed by atoms with Gasteiger partial charge in [0.25, 0.3) is 0 Å². The van der Waals surface area contributed by atoms with Crippen molar-refractivity contribution in [3.05, 3.63) is 36.5 Å². The van der Waals surface area contributed by atoms with E-state index in [1.165, 1.54) is 0 Å². The Kier molecular flexibility index (Phi) is 2.51. The van der Waals surface area contributed by atoms with Crippen LogP contribution in [0.4, 0.5) is 0 Å². The van der Waals surface area contributed by atoms with E-state index in [-0.39, 0.29) is 0 Å². The second-order valence-electron chi connectivity index (χ2n) is 3.25. The maximum Gasteiger partial charge on any atom is 0.107 e. The Morgan fingerprint density at radius 1 is 1.53 bits per heavy atom. The van der Waals surface area contributed by atoms with Crippen molar-refractivity contribution in [3.8, 4) is 23.6 Å². The quantitative estimate of drug-likeness (QED) is 0.688. The monoisotopic (exact) mass is 197 g/mol. The molecular weight excluding hydrogens is 186 g/mol. The van der Waals surface area contributed by atoms with Crippen LogP contribution in [0.5, 0.6) is 0 Å². The number of aromatic nitrogens is 3. The van der Waals surface area contributed by atoms with E-state index in [0.717, 1.165) is 17.1 Å². The summed E-state index contributed by atoms with van der Waals surface area (Å²) in [5.74, 6) is 3.52. The Labute approximate surface area is 88.8 Å². The molecule has 0 saturated carbocycles. The summed E-state index contributed by atoms with van der Waals surface area (Å²) in [6, 6.07) is 3.87. The van der Waals surface area contributed by atoms with Gasteiger partial charge in [-0.2, -0.15) is 0 Å². The van der Waals surface area contributed by atoms with E-state index < -0.39 is 0 Å². The fourth-order valence-electron chi connectivity index (χ4n) is 1.42. The molecule has 15 heavy (non-hydrogen) atoms. The number of hydrogen-bond donors (Lipinski definition) is 0. The Morgan fingerprint density at radius 2 is 2.40 bits per heavy atom. The lowest BCUT2D eigenvalue weighted by Gasteiger charge is -1.95. The average molecular weight is 197 g/mol. The van der Waals surface area contributed by atoms with Gasteiger partial charge in [0.2, 0.25) is 0 Å². The van der Waals surface area contributed by atoms with Gasteiger partial charge in [0.05, 0.1) is 12.2 Å². The van der Waals surface area contributed by atoms with Gasteiger partial charge < -0.3 is 4.57 Å². The zero-order valence-corrected chi connectivity index (χ0v) is 8.51. The second kappa shape index (κ2) is 3.97. The standard InChI is InChI=1S/C12H11N3/c1-3-7-15-9-12(14-10(15)2)11-5-4-6-13-8-11/h1,4-6,8-9H,7H2,2H3. The normalized spacial score (nSPS) is 9.87. The Morgan fingerprint density at radius 3 is 3.07 bits per heavy atom. The molecule has 3 heteroatoms. The third-order valence-corrected chi connectivity index (χ3v) is 2.19. The lowest BCUT2D eigenvalue weighted by atomic mass is 10.2. The van der Waals surface area contributed by atoms with E-state index in [2.05, 4.69) is 15.9 Å². The first-order chi connectivity index (χ1) is 7.31. The summed E-state index contributed by atoms with van der Waals surface area (Å²) < 4.78 is 1.95. The minimum absolute atomic E-state index is 0.555. The zero-order chi connectivity index (χ0) is 10.7. The van der Waals surface area contributed by atoms with Crippen LogP contribution in [-0.2, 0) is 6.54 Å². The first kappa shape index (κ1) is 9.47. The highest BCUT2D eigenvalue weighted by Crippen LogP contribution is 2.16. The molecule has 0 N–H and O–H groups in total. The predicted molar refractivity (Wildman–Crippen MR) is 59.0 cm³/mol. The first-order valence-electron chi connectivity index (χ1n) is 4.69. The van der Waals surface area contributed by atoms with Crippen molar-refractivity contribution in [2.75, 3.05) is 0 Å². The highest BCUT2D eigenvalue weighted by molar-refractivity contribution is 5.56. The third kappa shape index (κ3) is 1.89. The molecule has 0 radical (unpaired) electrons. The van der Waals surface area contributed by atoms with Crippen LogP contribution in [0.2, 0.25) is 0 Å². The van der Waals surface area contributed by atoms with E-state index in [1.807, 2.05) is 29.8 Å². The summed E-state index contributed by atoms with van der Waals surface area (Å²) in [6.07, 6.45) is 10.8. The van der Waals surface area contributed by atoms with Gasteiger partial charge in [-0.1, -0.05) is 5.92 Å². The molecule has 0 aromatic carbocycles. The number of rotatable bonds is 2. The van der Waals surface area contributed by atoms with Gasteiger partial charge in [0, 0.05) is 24.2 Å². The van der Waals surface area contributed by atoms with Gasteiger partial charge in [-0.05, 0) is 19.1 Å². The van der Waals surface area contributed by atoms with Crippen molar-refractivity contribution in [3.63, 3.8) is 0 Å². The number of pyridine rings is 1. The molecule has 0 bridgehead atoms. The van der Waals surface area contributed by atoms with Crippen LogP contribution in [0.15, 0.2) is 30.7 Å². The second-order valence-corrected chi connectivity index (χ2v) is 3.25. The topological polar surface area (TPSA) is 30.7 Å². The molecule has 2 heterocycles. The van der Waals surface area contributed by atoms with Gasteiger partial charge >= 0.3 is 0 Å². The van der Waals surface area contributed by atoms with Gasteiger partial charge in [-0.15, -0.1) is 6.42 Å². The molecular formula is C12H11N3. The van der Waals surface area contributed by atoms with Gasteiger partial charge in [-0.25, -0.2) is 4.98 Å². The molecule has 2 aromatic heterocycles. The summed E-state index contributed by atoms with van der Waals surface area (Å²) in [4.78, 5) is 8.48. The molecule has 2 aromatic rings. The molecule has 3 nitrogen and oxygen atoms in total. The minimum atomic E-state index is 0.555. The first-order valence-corrected chi connectivity index (χ1v) is 4.69. The predicted octanol–water partition coefficient (Wildman–Crippen LogP) is 1.89. The van der Waals surface area contributed by atoms with Crippen LogP contribution in [0.3, 0.4) is 0 Å². The van der Waals surface area contributed by atoms with Crippen LogP contribution in [0.25, 0.3) is 11.3 Å². The molecule has 74 valence electrons. The average Bonchev–Trinajstić information content (AvgIpc) is 2.63. The number of hydrogen-bond acceptors (Lipinski definition) is 2. The summed E-state index contributed by atoms with van der Waals surface area (Å²) in [5.41, 5.74) is 1.92.